The van der Waals surface area contributed by atoms with Gasteiger partial charge in [-0.3, -0.25) is 9.59 Å². The number of terminal acetylenes is 2. The van der Waals surface area contributed by atoms with E-state index in [1.807, 2.05) is 24.3 Å². The molecule has 0 unspecified atom stereocenters. The molecule has 228 valence electrons. The molecule has 0 fully saturated rings. The number of ether oxygens (including phenoxy) is 1. The largest absolute Gasteiger partial charge is 0.462 e. The van der Waals surface area contributed by atoms with E-state index in [1.54, 1.807) is 72.8 Å². The Balaban J connectivity index is 1.46. The highest BCUT2D eigenvalue weighted by Crippen LogP contribution is 2.32. The van der Waals surface area contributed by atoms with E-state index in [1.165, 1.54) is 0 Å². The molecule has 0 radical (unpaired) electrons. The number of aromatic amines is 2. The van der Waals surface area contributed by atoms with Gasteiger partial charge in [0.15, 0.2) is 0 Å². The first kappa shape index (κ1) is 31.8. The van der Waals surface area contributed by atoms with Crippen molar-refractivity contribution < 1.29 is 19.1 Å². The standard InChI is InChI=1S/C39H34N2O4Si/c1-6-26-8-12-29(13-9-26)37(42)34-22-20-32(40-34)36(28-16-18-31(19-17-28)39(44)45-24-25-46(3,4)5)33-21-23-35(41-33)38(43)30-14-10-27(7-2)11-15-30/h1-2,8-23,36,40-41H,24-25H2,3-5H3. The van der Waals surface area contributed by atoms with E-state index >= 15 is 0 Å². The minimum atomic E-state index is -1.34. The van der Waals surface area contributed by atoms with Gasteiger partial charge in [0.1, 0.15) is 0 Å². The van der Waals surface area contributed by atoms with E-state index in [9.17, 15) is 14.4 Å². The summed E-state index contributed by atoms with van der Waals surface area (Å²) in [5.41, 5.74) is 5.97. The third-order valence-electron chi connectivity index (χ3n) is 7.72. The third kappa shape index (κ3) is 7.35. The number of carbonyl (C=O) groups is 3. The number of hydrogen-bond donors (Lipinski definition) is 2. The second-order valence-corrected chi connectivity index (χ2v) is 17.9. The minimum Gasteiger partial charge on any atom is -0.462 e. The number of carbonyl (C=O) groups excluding carboxylic acids is 3. The Hall–Kier alpha value is -5.63. The zero-order chi connectivity index (χ0) is 32.8. The maximum absolute atomic E-state index is 13.3. The van der Waals surface area contributed by atoms with Gasteiger partial charge in [0, 0.05) is 41.7 Å². The van der Waals surface area contributed by atoms with Crippen LogP contribution in [0.25, 0.3) is 0 Å². The predicted octanol–water partition coefficient (Wildman–Crippen LogP) is 7.44. The van der Waals surface area contributed by atoms with Gasteiger partial charge in [-0.25, -0.2) is 4.79 Å². The van der Waals surface area contributed by atoms with Crippen molar-refractivity contribution in [3.8, 4) is 24.7 Å². The Morgan fingerprint density at radius 3 is 1.50 bits per heavy atom. The Labute approximate surface area is 270 Å². The molecule has 0 saturated heterocycles. The maximum Gasteiger partial charge on any atom is 0.338 e. The van der Waals surface area contributed by atoms with Gasteiger partial charge in [-0.1, -0.05) is 43.6 Å². The minimum absolute atomic E-state index is 0.178. The van der Waals surface area contributed by atoms with Crippen molar-refractivity contribution in [3.63, 3.8) is 0 Å². The molecule has 46 heavy (non-hydrogen) atoms. The Morgan fingerprint density at radius 2 is 1.09 bits per heavy atom. The van der Waals surface area contributed by atoms with Gasteiger partial charge in [0.05, 0.1) is 29.5 Å². The van der Waals surface area contributed by atoms with Crippen molar-refractivity contribution >= 4 is 25.6 Å². The fourth-order valence-electron chi connectivity index (χ4n) is 5.04. The summed E-state index contributed by atoms with van der Waals surface area (Å²) in [7, 11) is -1.34. The highest BCUT2D eigenvalue weighted by atomic mass is 28.3. The summed E-state index contributed by atoms with van der Waals surface area (Å²) in [5, 5.41) is 0. The molecular weight excluding hydrogens is 589 g/mol. The number of benzene rings is 3. The second kappa shape index (κ2) is 13.6. The molecule has 5 aromatic rings. The summed E-state index contributed by atoms with van der Waals surface area (Å²) >= 11 is 0. The van der Waals surface area contributed by atoms with Crippen molar-refractivity contribution in [2.24, 2.45) is 0 Å². The molecule has 2 aromatic heterocycles. The van der Waals surface area contributed by atoms with Gasteiger partial charge >= 0.3 is 5.97 Å². The zero-order valence-electron chi connectivity index (χ0n) is 26.0. The lowest BCUT2D eigenvalue weighted by Crippen LogP contribution is -2.22. The van der Waals surface area contributed by atoms with E-state index in [0.29, 0.717) is 45.8 Å². The summed E-state index contributed by atoms with van der Waals surface area (Å²) < 4.78 is 5.53. The van der Waals surface area contributed by atoms with Gasteiger partial charge in [0.25, 0.3) is 0 Å². The fraction of sp³-hybridized carbons (Fsp3) is 0.154. The van der Waals surface area contributed by atoms with E-state index in [-0.39, 0.29) is 17.5 Å². The molecule has 2 heterocycles. The molecule has 0 atom stereocenters. The number of hydrogen-bond acceptors (Lipinski definition) is 4. The molecule has 0 aliphatic carbocycles. The summed E-state index contributed by atoms with van der Waals surface area (Å²) in [6.07, 6.45) is 10.9. The SMILES string of the molecule is C#Cc1ccc(C(=O)c2ccc(C(c3ccc(C(=O)OCC[Si](C)(C)C)cc3)c3ccc(C(=O)c4ccc(C#C)cc4)[nH]3)[nH]2)cc1. The van der Waals surface area contributed by atoms with Crippen LogP contribution in [0.15, 0.2) is 97.1 Å². The van der Waals surface area contributed by atoms with Crippen molar-refractivity contribution in [2.75, 3.05) is 6.61 Å². The van der Waals surface area contributed by atoms with Crippen LogP contribution in [0, 0.1) is 24.7 Å². The lowest BCUT2D eigenvalue weighted by Gasteiger charge is -2.17. The smallest absolute Gasteiger partial charge is 0.338 e. The van der Waals surface area contributed by atoms with Crippen molar-refractivity contribution in [1.82, 2.24) is 9.97 Å². The van der Waals surface area contributed by atoms with Crippen LogP contribution in [0.1, 0.15) is 76.5 Å². The molecule has 2 N–H and O–H groups in total. The van der Waals surface area contributed by atoms with Crippen LogP contribution in [-0.2, 0) is 4.74 Å². The van der Waals surface area contributed by atoms with Gasteiger partial charge in [-0.2, -0.15) is 0 Å². The molecule has 7 heteroatoms. The number of rotatable bonds is 11. The molecule has 0 bridgehead atoms. The number of aromatic nitrogens is 2. The Bertz CT molecular complexity index is 1850. The molecule has 0 spiro atoms. The summed E-state index contributed by atoms with van der Waals surface area (Å²) in [6.45, 7) is 7.10. The topological polar surface area (TPSA) is 92.0 Å². The summed E-state index contributed by atoms with van der Waals surface area (Å²) in [6, 6.07) is 29.0. The normalized spacial score (nSPS) is 11.1. The van der Waals surface area contributed by atoms with E-state index in [2.05, 4.69) is 41.4 Å². The lowest BCUT2D eigenvalue weighted by atomic mass is 9.92. The molecule has 3 aromatic carbocycles. The van der Waals surface area contributed by atoms with E-state index in [0.717, 1.165) is 23.0 Å². The molecule has 5 rings (SSSR count). The van der Waals surface area contributed by atoms with Crippen LogP contribution in [0.4, 0.5) is 0 Å². The second-order valence-electron chi connectivity index (χ2n) is 12.3. The lowest BCUT2D eigenvalue weighted by molar-refractivity contribution is 0.0525. The number of ketones is 2. The van der Waals surface area contributed by atoms with Crippen molar-refractivity contribution in [3.05, 3.63) is 153 Å². The molecule has 6 nitrogen and oxygen atoms in total. The van der Waals surface area contributed by atoms with Crippen LogP contribution in [0.3, 0.4) is 0 Å². The van der Waals surface area contributed by atoms with E-state index in [4.69, 9.17) is 17.6 Å². The van der Waals surface area contributed by atoms with Crippen molar-refractivity contribution in [2.45, 2.75) is 31.6 Å². The van der Waals surface area contributed by atoms with Crippen molar-refractivity contribution in [1.29, 1.82) is 0 Å². The average molecular weight is 623 g/mol. The number of H-pyrrole nitrogens is 2. The summed E-state index contributed by atoms with van der Waals surface area (Å²) in [4.78, 5) is 46.0. The first-order chi connectivity index (χ1) is 22.1. The summed E-state index contributed by atoms with van der Waals surface area (Å²) in [5.74, 6) is 3.98. The van der Waals surface area contributed by atoms with Crippen LogP contribution in [-0.4, -0.2) is 42.2 Å². The van der Waals surface area contributed by atoms with Gasteiger partial charge in [-0.15, -0.1) is 12.8 Å². The monoisotopic (exact) mass is 622 g/mol. The first-order valence-corrected chi connectivity index (χ1v) is 18.6. The first-order valence-electron chi connectivity index (χ1n) is 14.9. The van der Waals surface area contributed by atoms with Crippen LogP contribution >= 0.6 is 0 Å². The number of nitrogens with one attached hydrogen (secondary N) is 2. The number of esters is 1. The predicted molar refractivity (Wildman–Crippen MR) is 183 cm³/mol. The average Bonchev–Trinajstić information content (AvgIpc) is 3.75. The third-order valence-corrected chi connectivity index (χ3v) is 9.42. The molecule has 0 saturated carbocycles. The molecule has 0 amide bonds. The quantitative estimate of drug-likeness (QED) is 0.0693. The van der Waals surface area contributed by atoms with Gasteiger partial charge in [0.2, 0.25) is 11.6 Å². The fourth-order valence-corrected chi connectivity index (χ4v) is 5.76. The molecule has 0 aliphatic heterocycles. The Morgan fingerprint density at radius 1 is 0.652 bits per heavy atom. The zero-order valence-corrected chi connectivity index (χ0v) is 27.0. The van der Waals surface area contributed by atoms with Gasteiger partial charge < -0.3 is 14.7 Å². The maximum atomic E-state index is 13.3. The van der Waals surface area contributed by atoms with Crippen LogP contribution in [0.2, 0.25) is 25.7 Å². The van der Waals surface area contributed by atoms with Crippen LogP contribution < -0.4 is 0 Å². The highest BCUT2D eigenvalue weighted by molar-refractivity contribution is 6.76. The van der Waals surface area contributed by atoms with E-state index < -0.39 is 14.0 Å². The Kier molecular flexibility index (Phi) is 9.37. The molecular formula is C39H34N2O4Si. The molecule has 0 aliphatic rings. The van der Waals surface area contributed by atoms with Gasteiger partial charge in [-0.05, 0) is 96.5 Å². The highest BCUT2D eigenvalue weighted by Gasteiger charge is 2.24. The van der Waals surface area contributed by atoms with Crippen LogP contribution in [0.5, 0.6) is 0 Å².